The largest absolute Gasteiger partial charge is 0.497 e. The van der Waals surface area contributed by atoms with Gasteiger partial charge in [-0.05, 0) is 55.5 Å². The van der Waals surface area contributed by atoms with Crippen molar-refractivity contribution in [1.82, 2.24) is 14.9 Å². The zero-order chi connectivity index (χ0) is 21.8. The van der Waals surface area contributed by atoms with E-state index in [4.69, 9.17) is 4.74 Å². The predicted octanol–water partition coefficient (Wildman–Crippen LogP) is 3.64. The Morgan fingerprint density at radius 3 is 2.32 bits per heavy atom. The van der Waals surface area contributed by atoms with Crippen molar-refractivity contribution in [2.75, 3.05) is 43.5 Å². The molecular weight excluding hydrogens is 397 g/mol. The first kappa shape index (κ1) is 20.6. The van der Waals surface area contributed by atoms with Crippen molar-refractivity contribution < 1.29 is 13.9 Å². The number of aromatic nitrogens is 2. The number of hydrogen-bond donors (Lipinski definition) is 1. The van der Waals surface area contributed by atoms with E-state index in [0.717, 1.165) is 17.1 Å². The predicted molar refractivity (Wildman–Crippen MR) is 118 cm³/mol. The van der Waals surface area contributed by atoms with Crippen molar-refractivity contribution in [3.63, 3.8) is 0 Å². The molecule has 1 aliphatic rings. The SMILES string of the molecule is COc1ccc(Nc2cc(C)nc(N3CCN(C(=O)c4ccc(F)cc4)CC3)n2)cc1. The molecule has 1 aromatic heterocycles. The quantitative estimate of drug-likeness (QED) is 0.678. The molecule has 1 saturated heterocycles. The molecule has 1 aliphatic heterocycles. The van der Waals surface area contributed by atoms with E-state index in [1.165, 1.54) is 24.3 Å². The lowest BCUT2D eigenvalue weighted by Gasteiger charge is -2.35. The van der Waals surface area contributed by atoms with Crippen LogP contribution in [-0.4, -0.2) is 54.1 Å². The smallest absolute Gasteiger partial charge is 0.253 e. The number of nitrogens with zero attached hydrogens (tertiary/aromatic N) is 4. The molecule has 1 N–H and O–H groups in total. The summed E-state index contributed by atoms with van der Waals surface area (Å²) in [6.07, 6.45) is 0. The lowest BCUT2D eigenvalue weighted by molar-refractivity contribution is 0.0746. The highest BCUT2D eigenvalue weighted by Crippen LogP contribution is 2.22. The number of aryl methyl sites for hydroxylation is 1. The standard InChI is InChI=1S/C23H24FN5O2/c1-16-15-21(26-19-7-9-20(31-2)10-8-19)27-23(25-16)29-13-11-28(12-14-29)22(30)17-3-5-18(24)6-4-17/h3-10,15H,11-14H2,1-2H3,(H,25,26,27). The number of anilines is 3. The van der Waals surface area contributed by atoms with Gasteiger partial charge in [0.05, 0.1) is 7.11 Å². The highest BCUT2D eigenvalue weighted by molar-refractivity contribution is 5.94. The van der Waals surface area contributed by atoms with Crippen LogP contribution in [0.25, 0.3) is 0 Å². The minimum absolute atomic E-state index is 0.0910. The van der Waals surface area contributed by atoms with Gasteiger partial charge in [0.2, 0.25) is 5.95 Å². The van der Waals surface area contributed by atoms with Gasteiger partial charge in [-0.3, -0.25) is 4.79 Å². The molecule has 7 nitrogen and oxygen atoms in total. The number of carbonyl (C=O) groups is 1. The van der Waals surface area contributed by atoms with Crippen molar-refractivity contribution in [2.24, 2.45) is 0 Å². The lowest BCUT2D eigenvalue weighted by atomic mass is 10.2. The maximum atomic E-state index is 13.1. The Morgan fingerprint density at radius 2 is 1.68 bits per heavy atom. The maximum Gasteiger partial charge on any atom is 0.253 e. The molecular formula is C23H24FN5O2. The maximum absolute atomic E-state index is 13.1. The summed E-state index contributed by atoms with van der Waals surface area (Å²) in [5.74, 6) is 1.68. The van der Waals surface area contributed by atoms with Crippen molar-refractivity contribution >= 4 is 23.4 Å². The summed E-state index contributed by atoms with van der Waals surface area (Å²) >= 11 is 0. The molecule has 8 heteroatoms. The second kappa shape index (κ2) is 8.99. The molecule has 0 radical (unpaired) electrons. The fourth-order valence-electron chi connectivity index (χ4n) is 3.47. The van der Waals surface area contributed by atoms with E-state index >= 15 is 0 Å². The van der Waals surface area contributed by atoms with Crippen LogP contribution >= 0.6 is 0 Å². The number of methoxy groups -OCH3 is 1. The summed E-state index contributed by atoms with van der Waals surface area (Å²) in [5, 5.41) is 3.30. The van der Waals surface area contributed by atoms with Gasteiger partial charge >= 0.3 is 0 Å². The number of hydrogen-bond acceptors (Lipinski definition) is 6. The molecule has 2 aromatic carbocycles. The van der Waals surface area contributed by atoms with Crippen molar-refractivity contribution in [3.8, 4) is 5.75 Å². The zero-order valence-electron chi connectivity index (χ0n) is 17.5. The van der Waals surface area contributed by atoms with Crippen molar-refractivity contribution in [3.05, 3.63) is 71.7 Å². The normalized spacial score (nSPS) is 13.8. The summed E-state index contributed by atoms with van der Waals surface area (Å²) in [4.78, 5) is 25.7. The van der Waals surface area contributed by atoms with E-state index in [0.29, 0.717) is 43.5 Å². The molecule has 0 spiro atoms. The number of halogens is 1. The molecule has 0 bridgehead atoms. The van der Waals surface area contributed by atoms with Crippen LogP contribution in [0.15, 0.2) is 54.6 Å². The number of rotatable bonds is 5. The zero-order valence-corrected chi connectivity index (χ0v) is 17.5. The van der Waals surface area contributed by atoms with Crippen LogP contribution in [0.1, 0.15) is 16.1 Å². The van der Waals surface area contributed by atoms with Gasteiger partial charge in [-0.2, -0.15) is 4.98 Å². The Kier molecular flexibility index (Phi) is 5.97. The molecule has 3 aromatic rings. The third kappa shape index (κ3) is 4.91. The van der Waals surface area contributed by atoms with Crippen molar-refractivity contribution in [2.45, 2.75) is 6.92 Å². The van der Waals surface area contributed by atoms with Crippen LogP contribution < -0.4 is 15.0 Å². The van der Waals surface area contributed by atoms with Gasteiger partial charge in [0.1, 0.15) is 17.4 Å². The van der Waals surface area contributed by atoms with Gasteiger partial charge in [-0.1, -0.05) is 0 Å². The van der Waals surface area contributed by atoms with Gasteiger partial charge in [0, 0.05) is 49.2 Å². The van der Waals surface area contributed by atoms with Gasteiger partial charge in [0.15, 0.2) is 0 Å². The molecule has 31 heavy (non-hydrogen) atoms. The van der Waals surface area contributed by atoms with Crippen LogP contribution in [0.5, 0.6) is 5.75 Å². The second-order valence-corrected chi connectivity index (χ2v) is 7.33. The first-order valence-electron chi connectivity index (χ1n) is 10.1. The average molecular weight is 421 g/mol. The second-order valence-electron chi connectivity index (χ2n) is 7.33. The van der Waals surface area contributed by atoms with E-state index in [1.54, 1.807) is 12.0 Å². The van der Waals surface area contributed by atoms with Crippen LogP contribution in [0.4, 0.5) is 21.8 Å². The number of nitrogens with one attached hydrogen (secondary N) is 1. The monoisotopic (exact) mass is 421 g/mol. The molecule has 0 aliphatic carbocycles. The number of benzene rings is 2. The first-order valence-corrected chi connectivity index (χ1v) is 10.1. The van der Waals surface area contributed by atoms with Gasteiger partial charge in [-0.25, -0.2) is 9.37 Å². The van der Waals surface area contributed by atoms with E-state index in [2.05, 4.69) is 20.2 Å². The molecule has 0 unspecified atom stereocenters. The molecule has 1 fully saturated rings. The fraction of sp³-hybridized carbons (Fsp3) is 0.261. The number of piperazine rings is 1. The van der Waals surface area contributed by atoms with E-state index in [9.17, 15) is 9.18 Å². The average Bonchev–Trinajstić information content (AvgIpc) is 2.79. The Hall–Kier alpha value is -3.68. The van der Waals surface area contributed by atoms with E-state index in [1.807, 2.05) is 37.3 Å². The minimum Gasteiger partial charge on any atom is -0.497 e. The van der Waals surface area contributed by atoms with E-state index in [-0.39, 0.29) is 11.7 Å². The van der Waals surface area contributed by atoms with Gasteiger partial charge < -0.3 is 19.9 Å². The third-order valence-corrected chi connectivity index (χ3v) is 5.15. The van der Waals surface area contributed by atoms with Gasteiger partial charge in [0.25, 0.3) is 5.91 Å². The number of amides is 1. The molecule has 1 amide bonds. The Morgan fingerprint density at radius 1 is 1.00 bits per heavy atom. The summed E-state index contributed by atoms with van der Waals surface area (Å²) in [5.41, 5.74) is 2.25. The van der Waals surface area contributed by atoms with Crippen LogP contribution in [-0.2, 0) is 0 Å². The lowest BCUT2D eigenvalue weighted by Crippen LogP contribution is -2.49. The molecule has 160 valence electrons. The summed E-state index contributed by atoms with van der Waals surface area (Å²) < 4.78 is 18.3. The van der Waals surface area contributed by atoms with Crippen LogP contribution in [0.2, 0.25) is 0 Å². The Labute approximate surface area is 180 Å². The molecule has 2 heterocycles. The first-order chi connectivity index (χ1) is 15.0. The van der Waals surface area contributed by atoms with Crippen molar-refractivity contribution in [1.29, 1.82) is 0 Å². The highest BCUT2D eigenvalue weighted by Gasteiger charge is 2.24. The third-order valence-electron chi connectivity index (χ3n) is 5.15. The Bertz CT molecular complexity index is 1050. The van der Waals surface area contributed by atoms with Gasteiger partial charge in [-0.15, -0.1) is 0 Å². The topological polar surface area (TPSA) is 70.6 Å². The summed E-state index contributed by atoms with van der Waals surface area (Å²) in [6, 6.07) is 15.2. The molecule has 0 saturated carbocycles. The van der Waals surface area contributed by atoms with Crippen LogP contribution in [0, 0.1) is 12.7 Å². The summed E-state index contributed by atoms with van der Waals surface area (Å²) in [7, 11) is 1.63. The number of carbonyl (C=O) groups excluding carboxylic acids is 1. The summed E-state index contributed by atoms with van der Waals surface area (Å²) in [6.45, 7) is 4.28. The molecule has 4 rings (SSSR count). The minimum atomic E-state index is -0.350. The van der Waals surface area contributed by atoms with Crippen LogP contribution in [0.3, 0.4) is 0 Å². The molecule has 0 atom stereocenters. The number of ether oxygens (including phenoxy) is 1. The fourth-order valence-corrected chi connectivity index (χ4v) is 3.47. The van der Waals surface area contributed by atoms with E-state index < -0.39 is 0 Å². The Balaban J connectivity index is 1.42. The highest BCUT2D eigenvalue weighted by atomic mass is 19.1.